The molecule has 3 aromatic rings. The van der Waals surface area contributed by atoms with Gasteiger partial charge in [-0.3, -0.25) is 0 Å². The summed E-state index contributed by atoms with van der Waals surface area (Å²) in [5.41, 5.74) is 7.55. The van der Waals surface area contributed by atoms with Gasteiger partial charge in [-0.15, -0.1) is 11.3 Å². The number of aromatic nitrogens is 2. The van der Waals surface area contributed by atoms with Crippen LogP contribution in [0.1, 0.15) is 0 Å². The highest BCUT2D eigenvalue weighted by molar-refractivity contribution is 7.13. The van der Waals surface area contributed by atoms with Crippen LogP contribution in [0.15, 0.2) is 54.3 Å². The highest BCUT2D eigenvalue weighted by atomic mass is 32.1. The van der Waals surface area contributed by atoms with Crippen molar-refractivity contribution >= 4 is 17.0 Å². The summed E-state index contributed by atoms with van der Waals surface area (Å²) in [6.07, 6.45) is 3.71. The van der Waals surface area contributed by atoms with Gasteiger partial charge in [-0.2, -0.15) is 0 Å². The second kappa shape index (κ2) is 5.79. The Morgan fingerprint density at radius 3 is 3.00 bits per heavy atom. The van der Waals surface area contributed by atoms with E-state index in [0.717, 1.165) is 18.0 Å². The second-order valence-corrected chi connectivity index (χ2v) is 5.32. The summed E-state index contributed by atoms with van der Waals surface area (Å²) < 4.78 is 7.80. The van der Waals surface area contributed by atoms with Gasteiger partial charge in [0, 0.05) is 11.8 Å². The normalized spacial score (nSPS) is 10.6. The van der Waals surface area contributed by atoms with Crippen molar-refractivity contribution in [2.45, 2.75) is 6.54 Å². The monoisotopic (exact) mass is 285 g/mol. The molecule has 2 N–H and O–H groups in total. The summed E-state index contributed by atoms with van der Waals surface area (Å²) in [4.78, 5) is 5.43. The molecule has 0 fully saturated rings. The molecular weight excluding hydrogens is 270 g/mol. The van der Waals surface area contributed by atoms with Crippen molar-refractivity contribution < 1.29 is 4.74 Å². The van der Waals surface area contributed by atoms with E-state index in [1.165, 1.54) is 4.88 Å². The van der Waals surface area contributed by atoms with Gasteiger partial charge in [-0.1, -0.05) is 12.1 Å². The van der Waals surface area contributed by atoms with Gasteiger partial charge in [-0.25, -0.2) is 4.98 Å². The molecule has 0 aliphatic rings. The lowest BCUT2D eigenvalue weighted by Gasteiger charge is -2.09. The highest BCUT2D eigenvalue weighted by Crippen LogP contribution is 2.24. The Balaban J connectivity index is 1.64. The predicted octanol–water partition coefficient (Wildman–Crippen LogP) is 3.27. The van der Waals surface area contributed by atoms with Crippen LogP contribution in [0.3, 0.4) is 0 Å². The van der Waals surface area contributed by atoms with Crippen molar-refractivity contribution in [3.63, 3.8) is 0 Å². The fourth-order valence-corrected chi connectivity index (χ4v) is 2.75. The molecule has 2 heterocycles. The zero-order valence-corrected chi connectivity index (χ0v) is 11.7. The average molecular weight is 285 g/mol. The molecule has 2 aromatic heterocycles. The number of hydrogen-bond donors (Lipinski definition) is 1. The largest absolute Gasteiger partial charge is 0.492 e. The van der Waals surface area contributed by atoms with E-state index in [-0.39, 0.29) is 0 Å². The van der Waals surface area contributed by atoms with Gasteiger partial charge in [0.15, 0.2) is 0 Å². The van der Waals surface area contributed by atoms with Crippen LogP contribution in [0.2, 0.25) is 0 Å². The number of nitrogen functional groups attached to an aromatic ring is 1. The summed E-state index contributed by atoms with van der Waals surface area (Å²) in [5.74, 6) is 0.794. The van der Waals surface area contributed by atoms with Crippen LogP contribution >= 0.6 is 11.3 Å². The van der Waals surface area contributed by atoms with Crippen LogP contribution in [-0.4, -0.2) is 16.2 Å². The lowest BCUT2D eigenvalue weighted by Crippen LogP contribution is -2.08. The first-order chi connectivity index (χ1) is 9.83. The summed E-state index contributed by atoms with van der Waals surface area (Å²) in [6, 6.07) is 11.6. The molecule has 3 rings (SSSR count). The molecule has 102 valence electrons. The van der Waals surface area contributed by atoms with Gasteiger partial charge in [-0.05, 0) is 23.6 Å². The molecule has 1 aromatic carbocycles. The smallest absolute Gasteiger partial charge is 0.121 e. The molecule has 0 spiro atoms. The Morgan fingerprint density at radius 2 is 2.20 bits per heavy atom. The van der Waals surface area contributed by atoms with Gasteiger partial charge in [0.2, 0.25) is 0 Å². The molecule has 20 heavy (non-hydrogen) atoms. The Morgan fingerprint density at radius 1 is 1.25 bits per heavy atom. The first-order valence-electron chi connectivity index (χ1n) is 6.35. The summed E-state index contributed by atoms with van der Waals surface area (Å²) in [7, 11) is 0. The first kappa shape index (κ1) is 12.7. The maximum Gasteiger partial charge on any atom is 0.121 e. The van der Waals surface area contributed by atoms with Crippen LogP contribution in [0, 0.1) is 0 Å². The van der Waals surface area contributed by atoms with Crippen molar-refractivity contribution in [3.8, 4) is 16.3 Å². The molecule has 0 saturated carbocycles. The standard InChI is InChI=1S/C15H15N3OS/c16-12-3-1-4-13(9-12)19-7-6-18-11-17-10-14(18)15-5-2-8-20-15/h1-5,8-11H,6-7,16H2. The number of hydrogen-bond acceptors (Lipinski definition) is 4. The summed E-state index contributed by atoms with van der Waals surface area (Å²) in [5, 5.41) is 2.07. The number of ether oxygens (including phenoxy) is 1. The third-order valence-corrected chi connectivity index (χ3v) is 3.84. The van der Waals surface area contributed by atoms with E-state index in [0.29, 0.717) is 12.3 Å². The molecule has 0 bridgehead atoms. The van der Waals surface area contributed by atoms with Crippen molar-refractivity contribution in [2.75, 3.05) is 12.3 Å². The van der Waals surface area contributed by atoms with Crippen LogP contribution in [-0.2, 0) is 6.54 Å². The molecular formula is C15H15N3OS. The lowest BCUT2D eigenvalue weighted by molar-refractivity contribution is 0.299. The molecule has 0 radical (unpaired) electrons. The quantitative estimate of drug-likeness (QED) is 0.732. The molecule has 0 aliphatic carbocycles. The van der Waals surface area contributed by atoms with Crippen LogP contribution < -0.4 is 10.5 Å². The van der Waals surface area contributed by atoms with Gasteiger partial charge in [0.1, 0.15) is 12.4 Å². The molecule has 0 aliphatic heterocycles. The Bertz CT molecular complexity index is 676. The Labute approximate surface area is 121 Å². The van der Waals surface area contributed by atoms with E-state index in [4.69, 9.17) is 10.5 Å². The molecule has 0 atom stereocenters. The molecule has 0 unspecified atom stereocenters. The van der Waals surface area contributed by atoms with Crippen LogP contribution in [0.4, 0.5) is 5.69 Å². The minimum absolute atomic E-state index is 0.582. The Hall–Kier alpha value is -2.27. The number of benzene rings is 1. The van der Waals surface area contributed by atoms with E-state index >= 15 is 0 Å². The maximum atomic E-state index is 5.72. The van der Waals surface area contributed by atoms with Crippen molar-refractivity contribution in [3.05, 3.63) is 54.3 Å². The van der Waals surface area contributed by atoms with Crippen molar-refractivity contribution in [1.29, 1.82) is 0 Å². The van der Waals surface area contributed by atoms with Crippen molar-refractivity contribution in [2.24, 2.45) is 0 Å². The highest BCUT2D eigenvalue weighted by Gasteiger charge is 2.05. The third kappa shape index (κ3) is 2.83. The van der Waals surface area contributed by atoms with E-state index in [9.17, 15) is 0 Å². The topological polar surface area (TPSA) is 53.1 Å². The van der Waals surface area contributed by atoms with E-state index in [1.54, 1.807) is 11.3 Å². The zero-order chi connectivity index (χ0) is 13.8. The van der Waals surface area contributed by atoms with Crippen LogP contribution in [0.25, 0.3) is 10.6 Å². The Kier molecular flexibility index (Phi) is 3.69. The maximum absolute atomic E-state index is 5.72. The fourth-order valence-electron chi connectivity index (χ4n) is 1.99. The minimum atomic E-state index is 0.582. The van der Waals surface area contributed by atoms with Crippen LogP contribution in [0.5, 0.6) is 5.75 Å². The number of thiophene rings is 1. The number of imidazole rings is 1. The number of nitrogens with two attached hydrogens (primary N) is 1. The zero-order valence-electron chi connectivity index (χ0n) is 10.9. The fraction of sp³-hybridized carbons (Fsp3) is 0.133. The van der Waals surface area contributed by atoms with E-state index < -0.39 is 0 Å². The molecule has 0 saturated heterocycles. The SMILES string of the molecule is Nc1cccc(OCCn2cncc2-c2cccs2)c1. The average Bonchev–Trinajstić information content (AvgIpc) is 3.09. The first-order valence-corrected chi connectivity index (χ1v) is 7.23. The minimum Gasteiger partial charge on any atom is -0.492 e. The predicted molar refractivity (Wildman–Crippen MR) is 81.9 cm³/mol. The summed E-state index contributed by atoms with van der Waals surface area (Å²) >= 11 is 1.71. The molecule has 5 heteroatoms. The second-order valence-electron chi connectivity index (χ2n) is 4.37. The number of rotatable bonds is 5. The number of anilines is 1. The van der Waals surface area contributed by atoms with Gasteiger partial charge in [0.05, 0.1) is 29.6 Å². The van der Waals surface area contributed by atoms with Gasteiger partial charge in [0.25, 0.3) is 0 Å². The van der Waals surface area contributed by atoms with Gasteiger partial charge < -0.3 is 15.0 Å². The molecule has 0 amide bonds. The van der Waals surface area contributed by atoms with Gasteiger partial charge >= 0.3 is 0 Å². The van der Waals surface area contributed by atoms with Crippen molar-refractivity contribution in [1.82, 2.24) is 9.55 Å². The number of nitrogens with zero attached hydrogens (tertiary/aromatic N) is 2. The van der Waals surface area contributed by atoms with E-state index in [2.05, 4.69) is 21.0 Å². The summed E-state index contributed by atoms with van der Waals surface area (Å²) in [6.45, 7) is 1.33. The molecule has 4 nitrogen and oxygen atoms in total. The lowest BCUT2D eigenvalue weighted by atomic mass is 10.3. The van der Waals surface area contributed by atoms with E-state index in [1.807, 2.05) is 42.9 Å². The third-order valence-electron chi connectivity index (χ3n) is 2.94.